The highest BCUT2D eigenvalue weighted by Gasteiger charge is 2.28. The van der Waals surface area contributed by atoms with Crippen molar-refractivity contribution in [3.63, 3.8) is 0 Å². The van der Waals surface area contributed by atoms with E-state index in [1.54, 1.807) is 18.4 Å². The second-order valence-electron chi connectivity index (χ2n) is 6.89. The number of alkyl carbamates (subject to hydrolysis) is 1. The molecule has 0 spiro atoms. The molecule has 1 aliphatic carbocycles. The Bertz CT molecular complexity index is 979. The molecule has 0 saturated heterocycles. The molecule has 5 heteroatoms. The van der Waals surface area contributed by atoms with E-state index in [2.05, 4.69) is 41.0 Å². The summed E-state index contributed by atoms with van der Waals surface area (Å²) in [6, 6.07) is 18.7. The molecule has 1 amide bonds. The van der Waals surface area contributed by atoms with Gasteiger partial charge in [-0.25, -0.2) is 4.79 Å². The first-order chi connectivity index (χ1) is 14.3. The molecule has 29 heavy (non-hydrogen) atoms. The van der Waals surface area contributed by atoms with Crippen LogP contribution in [-0.4, -0.2) is 26.4 Å². The maximum atomic E-state index is 12.1. The SMILES string of the molecule is COCc1cc(C=CCNC(=O)OCC2c3ccccc3-c3ccccc32)cs1. The first-order valence-corrected chi connectivity index (χ1v) is 10.5. The number of carbonyl (C=O) groups excluding carboxylic acids is 1. The van der Waals surface area contributed by atoms with Gasteiger partial charge in [-0.3, -0.25) is 0 Å². The molecule has 0 saturated carbocycles. The van der Waals surface area contributed by atoms with Gasteiger partial charge in [-0.15, -0.1) is 11.3 Å². The molecular formula is C24H23NO3S. The number of methoxy groups -OCH3 is 1. The lowest BCUT2D eigenvalue weighted by atomic mass is 9.98. The van der Waals surface area contributed by atoms with Crippen LogP contribution in [0.25, 0.3) is 17.2 Å². The van der Waals surface area contributed by atoms with Gasteiger partial charge in [-0.2, -0.15) is 0 Å². The third-order valence-electron chi connectivity index (χ3n) is 4.98. The van der Waals surface area contributed by atoms with Crippen molar-refractivity contribution in [1.82, 2.24) is 5.32 Å². The second-order valence-corrected chi connectivity index (χ2v) is 7.88. The lowest BCUT2D eigenvalue weighted by Crippen LogP contribution is -2.26. The normalized spacial score (nSPS) is 12.7. The van der Waals surface area contributed by atoms with Crippen LogP contribution in [0.2, 0.25) is 0 Å². The first-order valence-electron chi connectivity index (χ1n) is 9.58. The molecule has 148 valence electrons. The maximum absolute atomic E-state index is 12.1. The number of benzene rings is 2. The Morgan fingerprint density at radius 1 is 1.10 bits per heavy atom. The summed E-state index contributed by atoms with van der Waals surface area (Å²) < 4.78 is 10.7. The van der Waals surface area contributed by atoms with Crippen molar-refractivity contribution >= 4 is 23.5 Å². The monoisotopic (exact) mass is 405 g/mol. The van der Waals surface area contributed by atoms with E-state index in [-0.39, 0.29) is 5.92 Å². The van der Waals surface area contributed by atoms with Crippen molar-refractivity contribution in [3.05, 3.63) is 87.6 Å². The van der Waals surface area contributed by atoms with Gasteiger partial charge in [0.25, 0.3) is 0 Å². The zero-order chi connectivity index (χ0) is 20.1. The highest BCUT2D eigenvalue weighted by molar-refractivity contribution is 7.10. The molecule has 0 fully saturated rings. The topological polar surface area (TPSA) is 47.6 Å². The highest BCUT2D eigenvalue weighted by Crippen LogP contribution is 2.44. The minimum atomic E-state index is -0.401. The fraction of sp³-hybridized carbons (Fsp3) is 0.208. The van der Waals surface area contributed by atoms with Gasteiger partial charge in [0.15, 0.2) is 0 Å². The molecule has 4 nitrogen and oxygen atoms in total. The number of rotatable bonds is 7. The largest absolute Gasteiger partial charge is 0.449 e. The summed E-state index contributed by atoms with van der Waals surface area (Å²) in [6.07, 6.45) is 3.50. The van der Waals surface area contributed by atoms with Crippen LogP contribution in [0.3, 0.4) is 0 Å². The summed E-state index contributed by atoms with van der Waals surface area (Å²) in [5.41, 5.74) is 5.99. The molecule has 3 aromatic rings. The average molecular weight is 406 g/mol. The van der Waals surface area contributed by atoms with Crippen LogP contribution in [-0.2, 0) is 16.1 Å². The van der Waals surface area contributed by atoms with E-state index in [4.69, 9.17) is 9.47 Å². The van der Waals surface area contributed by atoms with Crippen LogP contribution < -0.4 is 5.32 Å². The van der Waals surface area contributed by atoms with E-state index in [0.29, 0.717) is 19.8 Å². The third kappa shape index (κ3) is 4.42. The van der Waals surface area contributed by atoms with Crippen LogP contribution in [0.4, 0.5) is 4.79 Å². The summed E-state index contributed by atoms with van der Waals surface area (Å²) in [5, 5.41) is 4.86. The van der Waals surface area contributed by atoms with E-state index in [1.807, 2.05) is 36.4 Å². The van der Waals surface area contributed by atoms with E-state index in [1.165, 1.54) is 27.1 Å². The fourth-order valence-corrected chi connectivity index (χ4v) is 4.51. The van der Waals surface area contributed by atoms with Gasteiger partial charge in [0.1, 0.15) is 6.61 Å². The number of hydrogen-bond donors (Lipinski definition) is 1. The molecule has 0 unspecified atom stereocenters. The van der Waals surface area contributed by atoms with Gasteiger partial charge in [0.05, 0.1) is 6.61 Å². The Hall–Kier alpha value is -2.89. The molecule has 0 atom stereocenters. The van der Waals surface area contributed by atoms with Gasteiger partial charge in [0, 0.05) is 24.4 Å². The Morgan fingerprint density at radius 2 is 1.79 bits per heavy atom. The van der Waals surface area contributed by atoms with Crippen molar-refractivity contribution in [1.29, 1.82) is 0 Å². The predicted octanol–water partition coefficient (Wildman–Crippen LogP) is 5.45. The molecule has 1 heterocycles. The number of nitrogens with one attached hydrogen (secondary N) is 1. The minimum Gasteiger partial charge on any atom is -0.449 e. The van der Waals surface area contributed by atoms with Gasteiger partial charge in [-0.05, 0) is 39.3 Å². The Kier molecular flexibility index (Phi) is 6.08. The lowest BCUT2D eigenvalue weighted by Gasteiger charge is -2.14. The molecule has 2 aromatic carbocycles. The highest BCUT2D eigenvalue weighted by atomic mass is 32.1. The van der Waals surface area contributed by atoms with Crippen molar-refractivity contribution in [3.8, 4) is 11.1 Å². The summed E-state index contributed by atoms with van der Waals surface area (Å²) in [6.45, 7) is 1.37. The molecule has 4 rings (SSSR count). The summed E-state index contributed by atoms with van der Waals surface area (Å²) >= 11 is 1.66. The zero-order valence-corrected chi connectivity index (χ0v) is 17.1. The lowest BCUT2D eigenvalue weighted by molar-refractivity contribution is 0.144. The maximum Gasteiger partial charge on any atom is 0.407 e. The molecular weight excluding hydrogens is 382 g/mol. The summed E-state index contributed by atoms with van der Waals surface area (Å²) in [7, 11) is 1.69. The fourth-order valence-electron chi connectivity index (χ4n) is 3.69. The van der Waals surface area contributed by atoms with E-state index in [0.717, 1.165) is 5.56 Å². The summed E-state index contributed by atoms with van der Waals surface area (Å²) in [5.74, 6) is 0.0775. The molecule has 1 N–H and O–H groups in total. The van der Waals surface area contributed by atoms with Crippen molar-refractivity contribution in [2.45, 2.75) is 12.5 Å². The number of carbonyl (C=O) groups is 1. The Balaban J connectivity index is 1.30. The molecule has 0 bridgehead atoms. The van der Waals surface area contributed by atoms with Crippen LogP contribution in [0.15, 0.2) is 66.1 Å². The van der Waals surface area contributed by atoms with Crippen LogP contribution in [0, 0.1) is 0 Å². The standard InChI is InChI=1S/C24H23NO3S/c1-27-14-18-13-17(16-29-18)7-6-12-25-24(26)28-15-23-21-10-4-2-8-19(21)20-9-3-5-11-22(20)23/h2-11,13,16,23H,12,14-15H2,1H3,(H,25,26). The van der Waals surface area contributed by atoms with Crippen LogP contribution in [0.5, 0.6) is 0 Å². The average Bonchev–Trinajstić information content (AvgIpc) is 3.32. The molecule has 1 aliphatic rings. The second kappa shape index (κ2) is 9.07. The van der Waals surface area contributed by atoms with Crippen molar-refractivity contribution < 1.29 is 14.3 Å². The van der Waals surface area contributed by atoms with Gasteiger partial charge in [-0.1, -0.05) is 60.7 Å². The third-order valence-corrected chi connectivity index (χ3v) is 5.91. The molecule has 0 radical (unpaired) electrons. The van der Waals surface area contributed by atoms with Gasteiger partial charge >= 0.3 is 6.09 Å². The van der Waals surface area contributed by atoms with E-state index >= 15 is 0 Å². The minimum absolute atomic E-state index is 0.0775. The number of fused-ring (bicyclic) bond motifs is 3. The van der Waals surface area contributed by atoms with Crippen LogP contribution in [0.1, 0.15) is 27.5 Å². The Labute approximate surface area is 174 Å². The summed E-state index contributed by atoms with van der Waals surface area (Å²) in [4.78, 5) is 13.3. The number of amides is 1. The van der Waals surface area contributed by atoms with Crippen molar-refractivity contribution in [2.24, 2.45) is 0 Å². The Morgan fingerprint density at radius 3 is 2.48 bits per heavy atom. The van der Waals surface area contributed by atoms with Crippen LogP contribution >= 0.6 is 11.3 Å². The predicted molar refractivity (Wildman–Crippen MR) is 117 cm³/mol. The molecule has 0 aliphatic heterocycles. The smallest absolute Gasteiger partial charge is 0.407 e. The van der Waals surface area contributed by atoms with E-state index < -0.39 is 6.09 Å². The van der Waals surface area contributed by atoms with E-state index in [9.17, 15) is 4.79 Å². The number of ether oxygens (including phenoxy) is 2. The van der Waals surface area contributed by atoms with Gasteiger partial charge < -0.3 is 14.8 Å². The zero-order valence-electron chi connectivity index (χ0n) is 16.3. The number of hydrogen-bond acceptors (Lipinski definition) is 4. The van der Waals surface area contributed by atoms with Crippen molar-refractivity contribution in [2.75, 3.05) is 20.3 Å². The first kappa shape index (κ1) is 19.4. The molecule has 1 aromatic heterocycles. The quantitative estimate of drug-likeness (QED) is 0.569. The number of thiophene rings is 1. The van der Waals surface area contributed by atoms with Gasteiger partial charge in [0.2, 0.25) is 0 Å².